The fourth-order valence-electron chi connectivity index (χ4n) is 2.84. The first-order valence-electron chi connectivity index (χ1n) is 8.44. The van der Waals surface area contributed by atoms with Gasteiger partial charge in [0.15, 0.2) is 0 Å². The third-order valence-electron chi connectivity index (χ3n) is 4.17. The first kappa shape index (κ1) is 18.4. The summed E-state index contributed by atoms with van der Waals surface area (Å²) in [7, 11) is 0. The van der Waals surface area contributed by atoms with Gasteiger partial charge in [-0.2, -0.15) is 13.2 Å². The molecule has 0 bridgehead atoms. The zero-order chi connectivity index (χ0) is 19.7. The fraction of sp³-hybridized carbons (Fsp3) is 0.278. The van der Waals surface area contributed by atoms with E-state index in [4.69, 9.17) is 4.74 Å². The van der Waals surface area contributed by atoms with Gasteiger partial charge < -0.3 is 14.6 Å². The Labute approximate surface area is 157 Å². The number of benzene rings is 1. The average molecular weight is 393 g/mol. The largest absolute Gasteiger partial charge is 0.406 e. The Morgan fingerprint density at radius 2 is 1.86 bits per heavy atom. The molecule has 4 rings (SSSR count). The lowest BCUT2D eigenvalue weighted by Crippen LogP contribution is -2.40. The Hall–Kier alpha value is -3.01. The Morgan fingerprint density at radius 1 is 1.11 bits per heavy atom. The second-order valence-electron chi connectivity index (χ2n) is 6.34. The highest BCUT2D eigenvalue weighted by atomic mass is 19.4. The molecular formula is C18H15F4N5O. The molecule has 1 aliphatic heterocycles. The quantitative estimate of drug-likeness (QED) is 0.672. The molecule has 1 N–H and O–H groups in total. The molecule has 0 unspecified atom stereocenters. The van der Waals surface area contributed by atoms with Crippen LogP contribution in [0.3, 0.4) is 0 Å². The average Bonchev–Trinajstić information content (AvgIpc) is 3.01. The van der Waals surface area contributed by atoms with E-state index < -0.39 is 18.5 Å². The van der Waals surface area contributed by atoms with Gasteiger partial charge in [-0.05, 0) is 30.3 Å². The van der Waals surface area contributed by atoms with Crippen LogP contribution >= 0.6 is 0 Å². The van der Waals surface area contributed by atoms with Gasteiger partial charge in [0.05, 0.1) is 42.7 Å². The molecule has 1 aromatic carbocycles. The van der Waals surface area contributed by atoms with E-state index in [2.05, 4.69) is 20.3 Å². The van der Waals surface area contributed by atoms with Crippen molar-refractivity contribution in [3.63, 3.8) is 0 Å². The van der Waals surface area contributed by atoms with Gasteiger partial charge in [-0.3, -0.25) is 0 Å². The standard InChI is InChI=1S/C18H15F4N5O/c19-12-3-1-11(2-4-12)15-16(27(10-24-15)9-18(20,21)22)14-5-6-23-17(26-14)25-13-7-28-8-13/h1-6,10,13H,7-9H2,(H,23,25,26). The van der Waals surface area contributed by atoms with Crippen molar-refractivity contribution >= 4 is 5.95 Å². The number of imidazole rings is 1. The van der Waals surface area contributed by atoms with Crippen molar-refractivity contribution in [3.8, 4) is 22.6 Å². The predicted octanol–water partition coefficient (Wildman–Crippen LogP) is 3.52. The molecule has 3 heterocycles. The number of rotatable bonds is 5. The molecule has 1 saturated heterocycles. The van der Waals surface area contributed by atoms with Crippen LogP contribution in [0.2, 0.25) is 0 Å². The highest BCUT2D eigenvalue weighted by Crippen LogP contribution is 2.32. The van der Waals surface area contributed by atoms with E-state index in [0.29, 0.717) is 18.8 Å². The van der Waals surface area contributed by atoms with Crippen LogP contribution in [0.15, 0.2) is 42.9 Å². The zero-order valence-corrected chi connectivity index (χ0v) is 14.4. The molecule has 2 aromatic heterocycles. The molecule has 0 saturated carbocycles. The lowest BCUT2D eigenvalue weighted by atomic mass is 10.1. The van der Waals surface area contributed by atoms with E-state index in [-0.39, 0.29) is 29.1 Å². The van der Waals surface area contributed by atoms with Gasteiger partial charge in [0, 0.05) is 11.8 Å². The van der Waals surface area contributed by atoms with Crippen molar-refractivity contribution in [3.05, 3.63) is 48.7 Å². The van der Waals surface area contributed by atoms with E-state index in [9.17, 15) is 17.6 Å². The van der Waals surface area contributed by atoms with Gasteiger partial charge in [0.2, 0.25) is 5.95 Å². The summed E-state index contributed by atoms with van der Waals surface area (Å²) >= 11 is 0. The number of hydrogen-bond donors (Lipinski definition) is 1. The number of anilines is 1. The molecule has 10 heteroatoms. The number of aromatic nitrogens is 4. The normalized spacial score (nSPS) is 14.7. The van der Waals surface area contributed by atoms with Crippen LogP contribution in [-0.2, 0) is 11.3 Å². The van der Waals surface area contributed by atoms with Crippen LogP contribution in [0.5, 0.6) is 0 Å². The Bertz CT molecular complexity index is 967. The number of nitrogens with zero attached hydrogens (tertiary/aromatic N) is 4. The first-order valence-corrected chi connectivity index (χ1v) is 8.44. The first-order chi connectivity index (χ1) is 13.4. The van der Waals surface area contributed by atoms with E-state index in [1.165, 1.54) is 36.5 Å². The molecule has 28 heavy (non-hydrogen) atoms. The molecule has 0 amide bonds. The fourth-order valence-corrected chi connectivity index (χ4v) is 2.84. The van der Waals surface area contributed by atoms with Crippen LogP contribution in [-0.4, -0.2) is 45.0 Å². The molecule has 3 aromatic rings. The van der Waals surface area contributed by atoms with Crippen molar-refractivity contribution in [2.75, 3.05) is 18.5 Å². The van der Waals surface area contributed by atoms with E-state index in [1.807, 2.05) is 0 Å². The summed E-state index contributed by atoms with van der Waals surface area (Å²) in [5, 5.41) is 3.07. The predicted molar refractivity (Wildman–Crippen MR) is 92.9 cm³/mol. The molecule has 0 atom stereocenters. The highest BCUT2D eigenvalue weighted by Gasteiger charge is 2.30. The minimum absolute atomic E-state index is 0.0619. The third-order valence-corrected chi connectivity index (χ3v) is 4.17. The van der Waals surface area contributed by atoms with Crippen molar-refractivity contribution in [1.82, 2.24) is 19.5 Å². The number of hydrogen-bond acceptors (Lipinski definition) is 5. The van der Waals surface area contributed by atoms with Crippen molar-refractivity contribution < 1.29 is 22.3 Å². The summed E-state index contributed by atoms with van der Waals surface area (Å²) in [5.74, 6) is -0.160. The maximum Gasteiger partial charge on any atom is 0.406 e. The zero-order valence-electron chi connectivity index (χ0n) is 14.4. The SMILES string of the molecule is Fc1ccc(-c2ncn(CC(F)(F)F)c2-c2ccnc(NC3COC3)n2)cc1. The molecule has 0 radical (unpaired) electrons. The Kier molecular flexibility index (Phi) is 4.71. The topological polar surface area (TPSA) is 64.9 Å². The summed E-state index contributed by atoms with van der Waals surface area (Å²) in [5.41, 5.74) is 1.22. The molecule has 0 aliphatic carbocycles. The summed E-state index contributed by atoms with van der Waals surface area (Å²) in [6.07, 6.45) is -1.87. The summed E-state index contributed by atoms with van der Waals surface area (Å²) in [6, 6.07) is 6.96. The van der Waals surface area contributed by atoms with Gasteiger partial charge in [0.25, 0.3) is 0 Å². The summed E-state index contributed by atoms with van der Waals surface area (Å²) in [6.45, 7) is -0.194. The number of alkyl halides is 3. The van der Waals surface area contributed by atoms with Crippen LogP contribution in [0.25, 0.3) is 22.6 Å². The lowest BCUT2D eigenvalue weighted by molar-refractivity contribution is -0.140. The monoisotopic (exact) mass is 393 g/mol. The molecule has 146 valence electrons. The molecule has 1 aliphatic rings. The molecule has 6 nitrogen and oxygen atoms in total. The third kappa shape index (κ3) is 3.96. The Balaban J connectivity index is 1.77. The van der Waals surface area contributed by atoms with Gasteiger partial charge >= 0.3 is 6.18 Å². The smallest absolute Gasteiger partial charge is 0.377 e. The highest BCUT2D eigenvalue weighted by molar-refractivity contribution is 5.77. The van der Waals surface area contributed by atoms with Crippen LogP contribution in [0.4, 0.5) is 23.5 Å². The van der Waals surface area contributed by atoms with Gasteiger partial charge in [0.1, 0.15) is 12.4 Å². The second-order valence-corrected chi connectivity index (χ2v) is 6.34. The summed E-state index contributed by atoms with van der Waals surface area (Å²) in [4.78, 5) is 12.6. The van der Waals surface area contributed by atoms with Crippen molar-refractivity contribution in [2.45, 2.75) is 18.8 Å². The van der Waals surface area contributed by atoms with Crippen LogP contribution in [0.1, 0.15) is 0 Å². The molecule has 1 fully saturated rings. The van der Waals surface area contributed by atoms with Crippen molar-refractivity contribution in [2.24, 2.45) is 0 Å². The van der Waals surface area contributed by atoms with Crippen LogP contribution in [0, 0.1) is 5.82 Å². The van der Waals surface area contributed by atoms with E-state index in [1.54, 1.807) is 0 Å². The Morgan fingerprint density at radius 3 is 2.50 bits per heavy atom. The minimum Gasteiger partial charge on any atom is -0.377 e. The maximum atomic E-state index is 13.3. The van der Waals surface area contributed by atoms with Gasteiger partial charge in [-0.25, -0.2) is 19.3 Å². The van der Waals surface area contributed by atoms with E-state index >= 15 is 0 Å². The number of halogens is 4. The molecular weight excluding hydrogens is 378 g/mol. The van der Waals surface area contributed by atoms with Crippen LogP contribution < -0.4 is 5.32 Å². The van der Waals surface area contributed by atoms with Gasteiger partial charge in [-0.1, -0.05) is 0 Å². The summed E-state index contributed by atoms with van der Waals surface area (Å²) < 4.78 is 58.5. The number of nitrogens with one attached hydrogen (secondary N) is 1. The molecule has 0 spiro atoms. The van der Waals surface area contributed by atoms with E-state index in [0.717, 1.165) is 10.9 Å². The minimum atomic E-state index is -4.44. The number of ether oxygens (including phenoxy) is 1. The van der Waals surface area contributed by atoms with Gasteiger partial charge in [-0.15, -0.1) is 0 Å². The van der Waals surface area contributed by atoms with Crippen molar-refractivity contribution in [1.29, 1.82) is 0 Å². The lowest BCUT2D eigenvalue weighted by Gasteiger charge is -2.26. The maximum absolute atomic E-state index is 13.3. The second kappa shape index (κ2) is 7.19.